The molecule has 0 unspecified atom stereocenters. The van der Waals surface area contributed by atoms with Crippen LogP contribution in [0.4, 0.5) is 4.39 Å². The van der Waals surface area contributed by atoms with Crippen molar-refractivity contribution in [2.75, 3.05) is 0 Å². The van der Waals surface area contributed by atoms with Crippen LogP contribution in [-0.2, 0) is 0 Å². The predicted molar refractivity (Wildman–Crippen MR) is 60.9 cm³/mol. The van der Waals surface area contributed by atoms with Gasteiger partial charge in [0.25, 0.3) is 0 Å². The minimum atomic E-state index is -0.338. The van der Waals surface area contributed by atoms with Crippen LogP contribution in [-0.4, -0.2) is 19.7 Å². The van der Waals surface area contributed by atoms with E-state index in [2.05, 4.69) is 31.0 Å². The van der Waals surface area contributed by atoms with Gasteiger partial charge in [-0.1, -0.05) is 15.9 Å². The molecule has 0 atom stereocenters. The summed E-state index contributed by atoms with van der Waals surface area (Å²) in [5.41, 5.74) is 0.950. The summed E-state index contributed by atoms with van der Waals surface area (Å²) in [5.74, 6) is 0.160. The van der Waals surface area contributed by atoms with Crippen molar-refractivity contribution in [2.45, 2.75) is 0 Å². The average Bonchev–Trinajstić information content (AvgIpc) is 2.82. The number of nitrogens with one attached hydrogen (secondary N) is 1. The molecule has 0 bridgehead atoms. The van der Waals surface area contributed by atoms with Gasteiger partial charge in [0.2, 0.25) is 5.95 Å². The van der Waals surface area contributed by atoms with Crippen LogP contribution >= 0.6 is 15.9 Å². The molecule has 2 heterocycles. The van der Waals surface area contributed by atoms with Crippen LogP contribution < -0.4 is 0 Å². The van der Waals surface area contributed by atoms with Crippen LogP contribution in [0.15, 0.2) is 35.1 Å². The van der Waals surface area contributed by atoms with Crippen molar-refractivity contribution >= 4 is 27.0 Å². The lowest BCUT2D eigenvalue weighted by Crippen LogP contribution is -1.95. The van der Waals surface area contributed by atoms with Crippen LogP contribution in [0.2, 0.25) is 0 Å². The van der Waals surface area contributed by atoms with E-state index in [1.807, 2.05) is 0 Å². The van der Waals surface area contributed by atoms with Gasteiger partial charge in [-0.3, -0.25) is 0 Å². The molecule has 0 aliphatic rings. The highest BCUT2D eigenvalue weighted by molar-refractivity contribution is 9.10. The second-order valence-corrected chi connectivity index (χ2v) is 4.21. The van der Waals surface area contributed by atoms with Crippen molar-refractivity contribution in [1.29, 1.82) is 0 Å². The van der Waals surface area contributed by atoms with Gasteiger partial charge in [-0.2, -0.15) is 5.10 Å². The molecule has 0 saturated carbocycles. The summed E-state index contributed by atoms with van der Waals surface area (Å²) in [6, 6.07) is 4.93. The summed E-state index contributed by atoms with van der Waals surface area (Å²) < 4.78 is 15.8. The number of halogens is 2. The van der Waals surface area contributed by atoms with Gasteiger partial charge >= 0.3 is 0 Å². The maximum absolute atomic E-state index is 13.6. The summed E-state index contributed by atoms with van der Waals surface area (Å²) >= 11 is 3.22. The standard InChI is InChI=1S/C10H6BrFN4/c11-6-4-7(12)9-8(5-6)14-10(15-9)16-3-1-2-13-16/h1-5H,(H,14,15). The van der Waals surface area contributed by atoms with Gasteiger partial charge in [0.05, 0.1) is 5.52 Å². The van der Waals surface area contributed by atoms with E-state index in [0.717, 1.165) is 0 Å². The molecule has 0 spiro atoms. The van der Waals surface area contributed by atoms with Crippen molar-refractivity contribution < 1.29 is 4.39 Å². The molecule has 0 radical (unpaired) electrons. The molecule has 3 rings (SSSR count). The van der Waals surface area contributed by atoms with E-state index in [9.17, 15) is 4.39 Å². The molecular weight excluding hydrogens is 275 g/mol. The number of aromatic amines is 1. The largest absolute Gasteiger partial charge is 0.320 e. The number of H-pyrrole nitrogens is 1. The first kappa shape index (κ1) is 9.53. The minimum absolute atomic E-state index is 0.338. The van der Waals surface area contributed by atoms with Gasteiger partial charge in [-0.05, 0) is 18.2 Å². The van der Waals surface area contributed by atoms with Crippen LogP contribution in [0.1, 0.15) is 0 Å². The second kappa shape index (κ2) is 3.41. The van der Waals surface area contributed by atoms with Gasteiger partial charge in [0.1, 0.15) is 11.3 Å². The smallest absolute Gasteiger partial charge is 0.229 e. The van der Waals surface area contributed by atoms with E-state index in [-0.39, 0.29) is 5.82 Å². The van der Waals surface area contributed by atoms with Crippen molar-refractivity contribution in [2.24, 2.45) is 0 Å². The number of benzene rings is 1. The highest BCUT2D eigenvalue weighted by atomic mass is 79.9. The molecule has 1 aromatic carbocycles. The van der Waals surface area contributed by atoms with Gasteiger partial charge in [0.15, 0.2) is 0 Å². The topological polar surface area (TPSA) is 46.5 Å². The van der Waals surface area contributed by atoms with E-state index in [4.69, 9.17) is 0 Å². The Bertz CT molecular complexity index is 644. The molecule has 0 fully saturated rings. The Kier molecular flexibility index (Phi) is 2.03. The fourth-order valence-electron chi connectivity index (χ4n) is 1.53. The number of fused-ring (bicyclic) bond motifs is 1. The first-order valence-electron chi connectivity index (χ1n) is 4.59. The normalized spacial score (nSPS) is 11.1. The SMILES string of the molecule is Fc1cc(Br)cc2nc(-n3cccn3)[nH]c12. The van der Waals surface area contributed by atoms with E-state index < -0.39 is 0 Å². The predicted octanol–water partition coefficient (Wildman–Crippen LogP) is 2.65. The van der Waals surface area contributed by atoms with Crippen molar-refractivity contribution in [3.63, 3.8) is 0 Å². The zero-order chi connectivity index (χ0) is 11.1. The third-order valence-electron chi connectivity index (χ3n) is 2.22. The quantitative estimate of drug-likeness (QED) is 0.745. The van der Waals surface area contributed by atoms with E-state index in [0.29, 0.717) is 21.5 Å². The maximum atomic E-state index is 13.6. The Morgan fingerprint density at radius 1 is 1.38 bits per heavy atom. The van der Waals surface area contributed by atoms with Gasteiger partial charge in [0, 0.05) is 16.9 Å². The summed E-state index contributed by atoms with van der Waals surface area (Å²) in [6.45, 7) is 0. The summed E-state index contributed by atoms with van der Waals surface area (Å²) in [5, 5.41) is 4.02. The molecule has 0 aliphatic carbocycles. The molecule has 0 saturated heterocycles. The molecule has 4 nitrogen and oxygen atoms in total. The maximum Gasteiger partial charge on any atom is 0.229 e. The summed E-state index contributed by atoms with van der Waals surface area (Å²) in [6.07, 6.45) is 3.38. The number of imidazole rings is 1. The summed E-state index contributed by atoms with van der Waals surface area (Å²) in [4.78, 5) is 7.14. The lowest BCUT2D eigenvalue weighted by molar-refractivity contribution is 0.636. The van der Waals surface area contributed by atoms with Crippen molar-refractivity contribution in [3.8, 4) is 5.95 Å². The number of hydrogen-bond donors (Lipinski definition) is 1. The molecule has 80 valence electrons. The Morgan fingerprint density at radius 2 is 2.25 bits per heavy atom. The van der Waals surface area contributed by atoms with Gasteiger partial charge in [-0.15, -0.1) is 0 Å². The first-order chi connectivity index (χ1) is 7.74. The Balaban J connectivity index is 2.27. The third kappa shape index (κ3) is 1.42. The Hall–Kier alpha value is -1.69. The van der Waals surface area contributed by atoms with E-state index in [1.54, 1.807) is 29.2 Å². The number of hydrogen-bond acceptors (Lipinski definition) is 2. The van der Waals surface area contributed by atoms with Gasteiger partial charge < -0.3 is 4.98 Å². The van der Waals surface area contributed by atoms with Crippen molar-refractivity contribution in [1.82, 2.24) is 19.7 Å². The first-order valence-corrected chi connectivity index (χ1v) is 5.38. The Morgan fingerprint density at radius 3 is 3.00 bits per heavy atom. The molecule has 0 amide bonds. The monoisotopic (exact) mass is 280 g/mol. The van der Waals surface area contributed by atoms with E-state index in [1.165, 1.54) is 6.07 Å². The van der Waals surface area contributed by atoms with Gasteiger partial charge in [-0.25, -0.2) is 14.1 Å². The fraction of sp³-hybridized carbons (Fsp3) is 0. The second-order valence-electron chi connectivity index (χ2n) is 3.29. The third-order valence-corrected chi connectivity index (χ3v) is 2.68. The average molecular weight is 281 g/mol. The Labute approximate surface area is 98.2 Å². The highest BCUT2D eigenvalue weighted by Crippen LogP contribution is 2.22. The minimum Gasteiger partial charge on any atom is -0.320 e. The molecule has 0 aliphatic heterocycles. The van der Waals surface area contributed by atoms with Crippen molar-refractivity contribution in [3.05, 3.63) is 40.9 Å². The zero-order valence-electron chi connectivity index (χ0n) is 7.98. The van der Waals surface area contributed by atoms with Crippen LogP contribution in [0.5, 0.6) is 0 Å². The summed E-state index contributed by atoms with van der Waals surface area (Å²) in [7, 11) is 0. The number of aromatic nitrogens is 4. The zero-order valence-corrected chi connectivity index (χ0v) is 9.57. The molecule has 6 heteroatoms. The van der Waals surface area contributed by atoms with Crippen LogP contribution in [0.3, 0.4) is 0 Å². The number of nitrogens with zero attached hydrogens (tertiary/aromatic N) is 3. The lowest BCUT2D eigenvalue weighted by atomic mass is 10.3. The molecular formula is C10H6BrFN4. The molecule has 16 heavy (non-hydrogen) atoms. The molecule has 2 aromatic heterocycles. The fourth-order valence-corrected chi connectivity index (χ4v) is 1.95. The lowest BCUT2D eigenvalue weighted by Gasteiger charge is -1.92. The molecule has 3 aromatic rings. The molecule has 1 N–H and O–H groups in total. The van der Waals surface area contributed by atoms with Crippen LogP contribution in [0, 0.1) is 5.82 Å². The van der Waals surface area contributed by atoms with E-state index >= 15 is 0 Å². The highest BCUT2D eigenvalue weighted by Gasteiger charge is 2.09. The number of rotatable bonds is 1. The van der Waals surface area contributed by atoms with Crippen LogP contribution in [0.25, 0.3) is 17.0 Å².